The average Bonchev–Trinajstić information content (AvgIpc) is 2.31. The molecule has 0 radical (unpaired) electrons. The Morgan fingerprint density at radius 3 is 2.65 bits per heavy atom. The van der Waals surface area contributed by atoms with Gasteiger partial charge >= 0.3 is 5.97 Å². The Kier molecular flexibility index (Phi) is 4.09. The van der Waals surface area contributed by atoms with Gasteiger partial charge < -0.3 is 14.7 Å². The van der Waals surface area contributed by atoms with Crippen molar-refractivity contribution in [2.45, 2.75) is 6.92 Å². The molecule has 1 aromatic carbocycles. The molecule has 5 heteroatoms. The third-order valence-electron chi connectivity index (χ3n) is 2.32. The van der Waals surface area contributed by atoms with Gasteiger partial charge in [-0.1, -0.05) is 11.6 Å². The van der Waals surface area contributed by atoms with E-state index in [0.717, 1.165) is 5.56 Å². The van der Waals surface area contributed by atoms with Crippen LogP contribution in [-0.4, -0.2) is 42.6 Å². The minimum Gasteiger partial charge on any atom is -0.507 e. The summed E-state index contributed by atoms with van der Waals surface area (Å²) in [6.07, 6.45) is 0. The molecule has 0 unspecified atom stereocenters. The van der Waals surface area contributed by atoms with Gasteiger partial charge in [0.1, 0.15) is 12.3 Å². The number of carbonyl (C=O) groups is 2. The predicted molar refractivity (Wildman–Crippen MR) is 61.8 cm³/mol. The molecule has 5 nitrogen and oxygen atoms in total. The third-order valence-corrected chi connectivity index (χ3v) is 2.32. The molecular weight excluding hydrogens is 222 g/mol. The smallest absolute Gasteiger partial charge is 0.325 e. The summed E-state index contributed by atoms with van der Waals surface area (Å²) in [6, 6.07) is 4.73. The van der Waals surface area contributed by atoms with E-state index in [1.165, 1.54) is 25.1 Å². The number of likely N-dealkylation sites (N-methyl/N-ethyl adjacent to an activating group) is 1. The second-order valence-corrected chi connectivity index (χ2v) is 3.76. The number of phenols is 1. The molecule has 0 saturated heterocycles. The summed E-state index contributed by atoms with van der Waals surface area (Å²) in [6.45, 7) is 1.67. The van der Waals surface area contributed by atoms with E-state index in [-0.39, 0.29) is 17.9 Å². The average molecular weight is 237 g/mol. The number of aromatic hydroxyl groups is 1. The van der Waals surface area contributed by atoms with Gasteiger partial charge in [-0.25, -0.2) is 0 Å². The number of rotatable bonds is 3. The highest BCUT2D eigenvalue weighted by Crippen LogP contribution is 2.19. The molecule has 0 aliphatic carbocycles. The summed E-state index contributed by atoms with van der Waals surface area (Å²) in [5.41, 5.74) is 1.04. The van der Waals surface area contributed by atoms with Crippen molar-refractivity contribution in [1.82, 2.24) is 4.90 Å². The maximum Gasteiger partial charge on any atom is 0.325 e. The van der Waals surface area contributed by atoms with Crippen LogP contribution in [0.3, 0.4) is 0 Å². The lowest BCUT2D eigenvalue weighted by Gasteiger charge is -2.16. The lowest BCUT2D eigenvalue weighted by atomic mass is 10.1. The minimum absolute atomic E-state index is 0.0997. The van der Waals surface area contributed by atoms with E-state index in [1.807, 2.05) is 6.92 Å². The van der Waals surface area contributed by atoms with Gasteiger partial charge in [0, 0.05) is 7.05 Å². The molecule has 1 N–H and O–H groups in total. The molecular formula is C12H15NO4. The summed E-state index contributed by atoms with van der Waals surface area (Å²) >= 11 is 0. The summed E-state index contributed by atoms with van der Waals surface area (Å²) in [5.74, 6) is -1.03. The number of ether oxygens (including phenoxy) is 1. The Morgan fingerprint density at radius 2 is 2.06 bits per heavy atom. The maximum absolute atomic E-state index is 11.9. The van der Waals surface area contributed by atoms with Gasteiger partial charge in [-0.05, 0) is 19.1 Å². The lowest BCUT2D eigenvalue weighted by Crippen LogP contribution is -2.32. The first-order chi connectivity index (χ1) is 7.95. The van der Waals surface area contributed by atoms with E-state index in [0.29, 0.717) is 0 Å². The molecule has 0 aromatic heterocycles. The molecule has 0 aliphatic heterocycles. The van der Waals surface area contributed by atoms with Crippen LogP contribution in [0.25, 0.3) is 0 Å². The fraction of sp³-hybridized carbons (Fsp3) is 0.333. The molecule has 0 heterocycles. The van der Waals surface area contributed by atoms with Gasteiger partial charge in [0.05, 0.1) is 12.7 Å². The highest BCUT2D eigenvalue weighted by atomic mass is 16.5. The van der Waals surface area contributed by atoms with E-state index in [4.69, 9.17) is 0 Å². The summed E-state index contributed by atoms with van der Waals surface area (Å²) in [4.78, 5) is 24.2. The van der Waals surface area contributed by atoms with Gasteiger partial charge in [-0.2, -0.15) is 0 Å². The number of phenolic OH excluding ortho intramolecular Hbond substituents is 1. The van der Waals surface area contributed by atoms with Crippen LogP contribution in [-0.2, 0) is 9.53 Å². The van der Waals surface area contributed by atoms with Crippen LogP contribution >= 0.6 is 0 Å². The Labute approximate surface area is 99.6 Å². The van der Waals surface area contributed by atoms with Crippen LogP contribution in [0.1, 0.15) is 15.9 Å². The molecule has 0 aliphatic rings. The highest BCUT2D eigenvalue weighted by molar-refractivity contribution is 5.98. The van der Waals surface area contributed by atoms with Crippen molar-refractivity contribution < 1.29 is 19.4 Å². The van der Waals surface area contributed by atoms with Gasteiger partial charge in [-0.3, -0.25) is 9.59 Å². The number of aryl methyl sites for hydroxylation is 1. The van der Waals surface area contributed by atoms with Crippen LogP contribution in [0.4, 0.5) is 0 Å². The number of benzene rings is 1. The van der Waals surface area contributed by atoms with Crippen molar-refractivity contribution in [1.29, 1.82) is 0 Å². The molecule has 0 bridgehead atoms. The van der Waals surface area contributed by atoms with Crippen molar-refractivity contribution in [3.63, 3.8) is 0 Å². The summed E-state index contributed by atoms with van der Waals surface area (Å²) in [7, 11) is 2.73. The molecule has 1 rings (SSSR count). The number of methoxy groups -OCH3 is 1. The lowest BCUT2D eigenvalue weighted by molar-refractivity contribution is -0.141. The van der Waals surface area contributed by atoms with Crippen molar-refractivity contribution in [3.8, 4) is 5.75 Å². The van der Waals surface area contributed by atoms with Gasteiger partial charge in [0.25, 0.3) is 5.91 Å². The van der Waals surface area contributed by atoms with E-state index >= 15 is 0 Å². The number of carbonyl (C=O) groups excluding carboxylic acids is 2. The fourth-order valence-electron chi connectivity index (χ4n) is 1.36. The quantitative estimate of drug-likeness (QED) is 0.795. The first kappa shape index (κ1) is 13.0. The largest absolute Gasteiger partial charge is 0.507 e. The van der Waals surface area contributed by atoms with Crippen molar-refractivity contribution in [2.75, 3.05) is 20.7 Å². The van der Waals surface area contributed by atoms with Crippen LogP contribution in [0.5, 0.6) is 5.75 Å². The van der Waals surface area contributed by atoms with E-state index in [9.17, 15) is 14.7 Å². The Bertz CT molecular complexity index is 442. The molecule has 0 saturated carbocycles. The van der Waals surface area contributed by atoms with Crippen molar-refractivity contribution in [2.24, 2.45) is 0 Å². The van der Waals surface area contributed by atoms with Crippen LogP contribution in [0.2, 0.25) is 0 Å². The van der Waals surface area contributed by atoms with Gasteiger partial charge in [0.2, 0.25) is 0 Å². The van der Waals surface area contributed by atoms with E-state index < -0.39 is 11.9 Å². The molecule has 0 atom stereocenters. The zero-order valence-corrected chi connectivity index (χ0v) is 10.1. The molecule has 92 valence electrons. The van der Waals surface area contributed by atoms with Crippen LogP contribution in [0, 0.1) is 6.92 Å². The second kappa shape index (κ2) is 5.34. The van der Waals surface area contributed by atoms with Gasteiger partial charge in [-0.15, -0.1) is 0 Å². The first-order valence-corrected chi connectivity index (χ1v) is 5.07. The van der Waals surface area contributed by atoms with Crippen LogP contribution in [0.15, 0.2) is 18.2 Å². The van der Waals surface area contributed by atoms with E-state index in [1.54, 1.807) is 12.1 Å². The number of hydrogen-bond acceptors (Lipinski definition) is 4. The maximum atomic E-state index is 11.9. The first-order valence-electron chi connectivity index (χ1n) is 5.07. The summed E-state index contributed by atoms with van der Waals surface area (Å²) in [5, 5.41) is 9.58. The van der Waals surface area contributed by atoms with E-state index in [2.05, 4.69) is 4.74 Å². The molecule has 17 heavy (non-hydrogen) atoms. The Morgan fingerprint density at radius 1 is 1.41 bits per heavy atom. The zero-order valence-electron chi connectivity index (χ0n) is 10.1. The normalized spacial score (nSPS) is 9.82. The van der Waals surface area contributed by atoms with Crippen molar-refractivity contribution >= 4 is 11.9 Å². The number of nitrogens with zero attached hydrogens (tertiary/aromatic N) is 1. The van der Waals surface area contributed by atoms with Crippen LogP contribution < -0.4 is 0 Å². The second-order valence-electron chi connectivity index (χ2n) is 3.76. The summed E-state index contributed by atoms with van der Waals surface area (Å²) < 4.78 is 4.47. The molecule has 1 aromatic rings. The zero-order chi connectivity index (χ0) is 13.0. The number of esters is 1. The topological polar surface area (TPSA) is 66.8 Å². The Balaban J connectivity index is 2.88. The fourth-order valence-corrected chi connectivity index (χ4v) is 1.36. The monoisotopic (exact) mass is 237 g/mol. The minimum atomic E-state index is -0.506. The Hall–Kier alpha value is -2.04. The predicted octanol–water partition coefficient (Wildman–Crippen LogP) is 0.946. The molecule has 0 spiro atoms. The standard InChI is InChI=1S/C12H15NO4/c1-8-4-5-10(14)9(6-8)12(16)13(2)7-11(15)17-3/h4-6,14H,7H2,1-3H3. The third kappa shape index (κ3) is 3.21. The highest BCUT2D eigenvalue weighted by Gasteiger charge is 2.18. The molecule has 1 amide bonds. The van der Waals surface area contributed by atoms with Gasteiger partial charge in [0.15, 0.2) is 0 Å². The van der Waals surface area contributed by atoms with Crippen molar-refractivity contribution in [3.05, 3.63) is 29.3 Å². The number of hydrogen-bond donors (Lipinski definition) is 1. The molecule has 0 fully saturated rings. The number of amides is 1. The SMILES string of the molecule is COC(=O)CN(C)C(=O)c1cc(C)ccc1O.